The molecule has 1 aromatic heterocycles. The van der Waals surface area contributed by atoms with Gasteiger partial charge in [0.1, 0.15) is 5.69 Å². The summed E-state index contributed by atoms with van der Waals surface area (Å²) in [5.41, 5.74) is 7.48. The Kier molecular flexibility index (Phi) is 3.69. The molecule has 0 spiro atoms. The maximum Gasteiger partial charge on any atom is 0.150 e. The van der Waals surface area contributed by atoms with Gasteiger partial charge in [0.15, 0.2) is 5.82 Å². The van der Waals surface area contributed by atoms with Crippen LogP contribution in [0.4, 0.5) is 21.5 Å². The third-order valence-electron chi connectivity index (χ3n) is 3.06. The van der Waals surface area contributed by atoms with Crippen molar-refractivity contribution in [2.45, 2.75) is 0 Å². The summed E-state index contributed by atoms with van der Waals surface area (Å²) in [4.78, 5) is 4.21. The first-order chi connectivity index (χ1) is 10.1. The highest BCUT2D eigenvalue weighted by Gasteiger charge is 2.13. The number of nitrogens with two attached hydrogens (primary N) is 1. The molecule has 0 radical (unpaired) electrons. The van der Waals surface area contributed by atoms with Gasteiger partial charge in [0.2, 0.25) is 0 Å². The molecule has 0 aliphatic carbocycles. The van der Waals surface area contributed by atoms with Gasteiger partial charge in [0.25, 0.3) is 0 Å². The van der Waals surface area contributed by atoms with Gasteiger partial charge < -0.3 is 11.1 Å². The maximum atomic E-state index is 14.3. The number of nitrogens with zero attached hydrogens (tertiary/aromatic N) is 1. The monoisotopic (exact) mass is 365 g/mol. The van der Waals surface area contributed by atoms with E-state index >= 15 is 0 Å². The van der Waals surface area contributed by atoms with Gasteiger partial charge in [-0.05, 0) is 36.4 Å². The van der Waals surface area contributed by atoms with Crippen molar-refractivity contribution in [2.75, 3.05) is 11.1 Å². The van der Waals surface area contributed by atoms with Gasteiger partial charge in [-0.2, -0.15) is 0 Å². The lowest BCUT2D eigenvalue weighted by molar-refractivity contribution is 0.634. The van der Waals surface area contributed by atoms with Crippen molar-refractivity contribution in [1.29, 1.82) is 0 Å². The summed E-state index contributed by atoms with van der Waals surface area (Å²) < 4.78 is 15.1. The van der Waals surface area contributed by atoms with Gasteiger partial charge in [-0.15, -0.1) is 0 Å². The molecule has 1 heterocycles. The number of halogens is 3. The molecule has 0 fully saturated rings. The van der Waals surface area contributed by atoms with Crippen molar-refractivity contribution in [3.63, 3.8) is 0 Å². The van der Waals surface area contributed by atoms with Gasteiger partial charge >= 0.3 is 0 Å². The van der Waals surface area contributed by atoms with Crippen LogP contribution < -0.4 is 11.1 Å². The number of hydrogen-bond donors (Lipinski definition) is 2. The van der Waals surface area contributed by atoms with Gasteiger partial charge in [0.05, 0.1) is 16.2 Å². The first-order valence-corrected chi connectivity index (χ1v) is 7.28. The number of benzene rings is 2. The van der Waals surface area contributed by atoms with Crippen molar-refractivity contribution in [2.24, 2.45) is 0 Å². The van der Waals surface area contributed by atoms with Crippen LogP contribution in [0.25, 0.3) is 10.9 Å². The lowest BCUT2D eigenvalue weighted by Gasteiger charge is -2.13. The Morgan fingerprint density at radius 1 is 1.24 bits per heavy atom. The van der Waals surface area contributed by atoms with Gasteiger partial charge in [-0.25, -0.2) is 4.39 Å². The molecular formula is C15H10BrClFN3. The van der Waals surface area contributed by atoms with Crippen LogP contribution in [0.3, 0.4) is 0 Å². The van der Waals surface area contributed by atoms with E-state index in [0.29, 0.717) is 27.3 Å². The predicted molar refractivity (Wildman–Crippen MR) is 88.5 cm³/mol. The van der Waals surface area contributed by atoms with Crippen LogP contribution in [0, 0.1) is 5.82 Å². The van der Waals surface area contributed by atoms with Crippen LogP contribution in [-0.2, 0) is 0 Å². The van der Waals surface area contributed by atoms with E-state index in [0.717, 1.165) is 4.47 Å². The normalized spacial score (nSPS) is 10.8. The molecule has 0 saturated heterocycles. The van der Waals surface area contributed by atoms with E-state index in [1.165, 1.54) is 6.07 Å². The Bertz CT molecular complexity index is 839. The highest BCUT2D eigenvalue weighted by molar-refractivity contribution is 9.10. The largest absolute Gasteiger partial charge is 0.398 e. The molecule has 0 bridgehead atoms. The van der Waals surface area contributed by atoms with Gasteiger partial charge in [-0.1, -0.05) is 27.5 Å². The number of nitrogens with one attached hydrogen (secondary N) is 1. The molecule has 6 heteroatoms. The van der Waals surface area contributed by atoms with Crippen molar-refractivity contribution in [3.8, 4) is 0 Å². The second-order valence-electron chi connectivity index (χ2n) is 4.47. The fraction of sp³-hybridized carbons (Fsp3) is 0. The third-order valence-corrected chi connectivity index (χ3v) is 3.89. The number of nitrogen functional groups attached to an aromatic ring is 1. The Morgan fingerprint density at radius 2 is 2.05 bits per heavy atom. The highest BCUT2D eigenvalue weighted by Crippen LogP contribution is 2.34. The minimum Gasteiger partial charge on any atom is -0.398 e. The molecule has 21 heavy (non-hydrogen) atoms. The number of aromatic nitrogens is 1. The van der Waals surface area contributed by atoms with E-state index in [9.17, 15) is 4.39 Å². The average molecular weight is 367 g/mol. The standard InChI is InChI=1S/C15H10BrClFN3/c16-8-3-4-10(17)13(6-8)21-15-11(18)7-12(19)9-2-1-5-20-14(9)15/h1-7,21H,19H2. The summed E-state index contributed by atoms with van der Waals surface area (Å²) >= 11 is 9.49. The van der Waals surface area contributed by atoms with E-state index in [-0.39, 0.29) is 5.69 Å². The zero-order valence-electron chi connectivity index (χ0n) is 10.7. The number of hydrogen-bond acceptors (Lipinski definition) is 3. The number of pyridine rings is 1. The van der Waals surface area contributed by atoms with E-state index in [4.69, 9.17) is 17.3 Å². The van der Waals surface area contributed by atoms with Crippen LogP contribution in [-0.4, -0.2) is 4.98 Å². The maximum absolute atomic E-state index is 14.3. The lowest BCUT2D eigenvalue weighted by atomic mass is 10.1. The molecule has 0 aliphatic heterocycles. The Balaban J connectivity index is 2.19. The molecule has 0 atom stereocenters. The van der Waals surface area contributed by atoms with Crippen LogP contribution >= 0.6 is 27.5 Å². The van der Waals surface area contributed by atoms with Crippen LogP contribution in [0.5, 0.6) is 0 Å². The number of fused-ring (bicyclic) bond motifs is 1. The zero-order chi connectivity index (χ0) is 15.0. The SMILES string of the molecule is Nc1cc(F)c(Nc2cc(Br)ccc2Cl)c2ncccc12. The first-order valence-electron chi connectivity index (χ1n) is 6.11. The lowest BCUT2D eigenvalue weighted by Crippen LogP contribution is -2.00. The minimum atomic E-state index is -0.477. The van der Waals surface area contributed by atoms with E-state index in [2.05, 4.69) is 26.2 Å². The van der Waals surface area contributed by atoms with E-state index in [1.807, 2.05) is 6.07 Å². The fourth-order valence-corrected chi connectivity index (χ4v) is 2.61. The predicted octanol–water partition coefficient (Wildman–Crippen LogP) is 5.12. The highest BCUT2D eigenvalue weighted by atomic mass is 79.9. The summed E-state index contributed by atoms with van der Waals surface area (Å²) in [6.45, 7) is 0. The molecule has 0 amide bonds. The van der Waals surface area contributed by atoms with Crippen molar-refractivity contribution in [3.05, 3.63) is 57.9 Å². The molecule has 0 saturated carbocycles. The quantitative estimate of drug-likeness (QED) is 0.619. The topological polar surface area (TPSA) is 50.9 Å². The van der Waals surface area contributed by atoms with Gasteiger partial charge in [0, 0.05) is 21.7 Å². The smallest absolute Gasteiger partial charge is 0.150 e. The second-order valence-corrected chi connectivity index (χ2v) is 5.79. The van der Waals surface area contributed by atoms with Gasteiger partial charge in [-0.3, -0.25) is 4.98 Å². The Hall–Kier alpha value is -1.85. The summed E-state index contributed by atoms with van der Waals surface area (Å²) in [7, 11) is 0. The Labute approximate surface area is 134 Å². The summed E-state index contributed by atoms with van der Waals surface area (Å²) in [6.07, 6.45) is 1.59. The fourth-order valence-electron chi connectivity index (χ4n) is 2.08. The molecule has 2 aromatic carbocycles. The molecule has 0 aliphatic rings. The Morgan fingerprint density at radius 3 is 2.86 bits per heavy atom. The molecule has 3 rings (SSSR count). The van der Waals surface area contributed by atoms with Crippen molar-refractivity contribution < 1.29 is 4.39 Å². The number of rotatable bonds is 2. The average Bonchev–Trinajstić information content (AvgIpc) is 2.47. The second kappa shape index (κ2) is 5.50. The van der Waals surface area contributed by atoms with Crippen LogP contribution in [0.2, 0.25) is 5.02 Å². The molecule has 3 nitrogen and oxygen atoms in total. The summed E-state index contributed by atoms with van der Waals surface area (Å²) in [6, 6.07) is 10.1. The van der Waals surface area contributed by atoms with Crippen LogP contribution in [0.1, 0.15) is 0 Å². The molecular weight excluding hydrogens is 357 g/mol. The summed E-state index contributed by atoms with van der Waals surface area (Å²) in [5.74, 6) is -0.477. The zero-order valence-corrected chi connectivity index (χ0v) is 13.0. The van der Waals surface area contributed by atoms with Crippen LogP contribution in [0.15, 0.2) is 47.1 Å². The van der Waals surface area contributed by atoms with E-state index < -0.39 is 5.82 Å². The first kappa shape index (κ1) is 14.1. The molecule has 0 unspecified atom stereocenters. The third kappa shape index (κ3) is 2.66. The van der Waals surface area contributed by atoms with Crippen molar-refractivity contribution in [1.82, 2.24) is 4.98 Å². The summed E-state index contributed by atoms with van der Waals surface area (Å²) in [5, 5.41) is 4.17. The molecule has 3 aromatic rings. The van der Waals surface area contributed by atoms with E-state index in [1.54, 1.807) is 30.5 Å². The molecule has 3 N–H and O–H groups in total. The minimum absolute atomic E-state index is 0.250. The van der Waals surface area contributed by atoms with Crippen molar-refractivity contribution >= 4 is 55.5 Å². The number of anilines is 3. The molecule has 106 valence electrons.